The van der Waals surface area contributed by atoms with E-state index in [1.807, 2.05) is 27.7 Å². The molecule has 0 saturated carbocycles. The van der Waals surface area contributed by atoms with Crippen LogP contribution in [-0.4, -0.2) is 165 Å². The van der Waals surface area contributed by atoms with Gasteiger partial charge in [-0.25, -0.2) is 0 Å². The number of aliphatic hydroxyl groups excluding tert-OH is 3. The van der Waals surface area contributed by atoms with E-state index in [0.717, 1.165) is 0 Å². The summed E-state index contributed by atoms with van der Waals surface area (Å²) in [6.07, 6.45) is -8.56. The zero-order valence-corrected chi connectivity index (χ0v) is 37.3. The van der Waals surface area contributed by atoms with Crippen molar-refractivity contribution in [2.45, 2.75) is 179 Å². The first-order valence-corrected chi connectivity index (χ1v) is 20.8. The summed E-state index contributed by atoms with van der Waals surface area (Å²) in [6, 6.07) is -0.338. The van der Waals surface area contributed by atoms with Crippen LogP contribution in [0, 0.1) is 23.7 Å². The number of carbonyl (C=O) groups excluding carboxylic acids is 1. The number of nitrogens with one attached hydrogen (secondary N) is 1. The lowest BCUT2D eigenvalue weighted by molar-refractivity contribution is -0.317. The molecule has 17 nitrogen and oxygen atoms in total. The van der Waals surface area contributed by atoms with Gasteiger partial charge in [0.1, 0.15) is 23.9 Å². The van der Waals surface area contributed by atoms with Crippen LogP contribution >= 0.6 is 0 Å². The Morgan fingerprint density at radius 3 is 2.12 bits per heavy atom. The fraction of sp³-hybridized carbons (Fsp3) is 0.951. The maximum Gasteiger partial charge on any atom is 0.311 e. The first-order chi connectivity index (χ1) is 27.2. The molecule has 0 spiro atoms. The van der Waals surface area contributed by atoms with Crippen molar-refractivity contribution in [3.63, 3.8) is 0 Å². The normalized spacial score (nSPS) is 45.7. The molecule has 3 aliphatic heterocycles. The maximum absolute atomic E-state index is 14.4. The number of cyclic esters (lactones) is 1. The molecule has 17 heteroatoms. The zero-order valence-electron chi connectivity index (χ0n) is 37.3. The fourth-order valence-corrected chi connectivity index (χ4v) is 8.91. The fourth-order valence-electron chi connectivity index (χ4n) is 8.91. The minimum atomic E-state index is -1.94. The van der Waals surface area contributed by atoms with Crippen molar-refractivity contribution in [3.8, 4) is 0 Å². The number of ether oxygens (including phenoxy) is 9. The number of rotatable bonds is 14. The third-order valence-electron chi connectivity index (χ3n) is 12.8. The molecule has 5 N–H and O–H groups in total. The van der Waals surface area contributed by atoms with Gasteiger partial charge in [-0.15, -0.1) is 0 Å². The number of hydrogen-bond donors (Lipinski definition) is 5. The van der Waals surface area contributed by atoms with Gasteiger partial charge in [0.15, 0.2) is 12.6 Å². The Labute approximate surface area is 345 Å². The van der Waals surface area contributed by atoms with Gasteiger partial charge in [-0.1, -0.05) is 32.9 Å². The number of likely N-dealkylation sites (N-methyl/N-ethyl adjacent to an activating group) is 1. The van der Waals surface area contributed by atoms with E-state index in [9.17, 15) is 25.2 Å². The highest BCUT2D eigenvalue weighted by Crippen LogP contribution is 2.42. The van der Waals surface area contributed by atoms with E-state index in [1.54, 1.807) is 55.9 Å². The highest BCUT2D eigenvalue weighted by Gasteiger charge is 2.54. The van der Waals surface area contributed by atoms with Crippen molar-refractivity contribution in [2.75, 3.05) is 48.4 Å². The van der Waals surface area contributed by atoms with Crippen molar-refractivity contribution in [1.82, 2.24) is 5.32 Å². The molecule has 0 aromatic carbocycles. The third kappa shape index (κ3) is 11.9. The molecule has 0 aromatic rings. The second-order valence-corrected chi connectivity index (χ2v) is 17.3. The quantitative estimate of drug-likeness (QED) is 0.0736. The second-order valence-electron chi connectivity index (χ2n) is 17.3. The van der Waals surface area contributed by atoms with Crippen LogP contribution in [-0.2, 0) is 52.3 Å². The number of nitrogens with zero attached hydrogens (tertiary/aromatic N) is 1. The monoisotopic (exact) mass is 837 g/mol. The van der Waals surface area contributed by atoms with Crippen molar-refractivity contribution in [2.24, 2.45) is 28.8 Å². The van der Waals surface area contributed by atoms with Gasteiger partial charge in [0, 0.05) is 51.5 Å². The van der Waals surface area contributed by atoms with E-state index >= 15 is 0 Å². The molecule has 0 aliphatic carbocycles. The summed E-state index contributed by atoms with van der Waals surface area (Å²) >= 11 is 0. The van der Waals surface area contributed by atoms with Gasteiger partial charge in [-0.05, 0) is 67.9 Å². The van der Waals surface area contributed by atoms with Crippen molar-refractivity contribution >= 4 is 11.7 Å². The molecule has 3 heterocycles. The SMILES string of the molecule is CCC1OC(=O)[C@H](C)C(O[C@H]2C[C@@](C)(OC)[C@@H](O)[C@H](C)O2)[C@H](C)[C@@H](O[C@@H]2O[C@H](C)C[C@H](NC)[C@H]2O)[C@](C)(OC)C[C@@H](C)/C(=N\OCOCCOC)[C@H](C)[C@@H](O)[C@]1(C)O. The van der Waals surface area contributed by atoms with Gasteiger partial charge >= 0.3 is 5.97 Å². The summed E-state index contributed by atoms with van der Waals surface area (Å²) in [5.41, 5.74) is -3.81. The molecule has 3 aliphatic rings. The minimum absolute atomic E-state index is 0.126. The Balaban J connectivity index is 2.25. The Hall–Kier alpha value is -1.58. The molecule has 0 radical (unpaired) electrons. The van der Waals surface area contributed by atoms with Crippen LogP contribution in [0.1, 0.15) is 94.9 Å². The van der Waals surface area contributed by atoms with Gasteiger partial charge in [-0.3, -0.25) is 4.79 Å². The second kappa shape index (κ2) is 22.0. The Kier molecular flexibility index (Phi) is 19.2. The molecule has 58 heavy (non-hydrogen) atoms. The summed E-state index contributed by atoms with van der Waals surface area (Å²) in [6.45, 7) is 18.0. The average Bonchev–Trinajstić information content (AvgIpc) is 3.18. The van der Waals surface area contributed by atoms with Crippen molar-refractivity contribution in [1.29, 1.82) is 0 Å². The minimum Gasteiger partial charge on any atom is -0.459 e. The summed E-state index contributed by atoms with van der Waals surface area (Å²) in [5.74, 6) is -3.72. The topological polar surface area (TPSA) is 215 Å². The van der Waals surface area contributed by atoms with E-state index in [1.165, 1.54) is 14.0 Å². The number of carbonyl (C=O) groups is 1. The van der Waals surface area contributed by atoms with Crippen molar-refractivity contribution < 1.29 is 72.7 Å². The predicted molar refractivity (Wildman–Crippen MR) is 213 cm³/mol. The molecule has 3 fully saturated rings. The van der Waals surface area contributed by atoms with Crippen LogP contribution in [0.25, 0.3) is 0 Å². The number of hydrogen-bond acceptors (Lipinski definition) is 17. The lowest BCUT2D eigenvalue weighted by Gasteiger charge is -2.49. The standard InChI is InChI=1S/C41H76N2O15/c1-15-29-41(10,48)34(45)24(4)31(43-53-21-52-17-16-49-12)22(2)19-40(9,51-14)36(58-38-32(44)28(42-11)18-23(3)54-38)25(5)33(26(6)37(47)56-29)57-30-20-39(8,50-13)35(46)27(7)55-30/h22-30,32-36,38,42,44-46,48H,15-21H2,1-14H3/b43-31+/t22-,23-,24+,25+,26-,27+,28+,29?,30+,32-,33?,34-,35+,36-,38+,39-,40-,41-/m1/s1. The van der Waals surface area contributed by atoms with E-state index in [-0.39, 0.29) is 44.8 Å². The summed E-state index contributed by atoms with van der Waals surface area (Å²) in [5, 5.41) is 54.1. The highest BCUT2D eigenvalue weighted by molar-refractivity contribution is 5.88. The summed E-state index contributed by atoms with van der Waals surface area (Å²) < 4.78 is 55.0. The molecule has 0 aromatic heterocycles. The number of esters is 1. The molecule has 18 atom stereocenters. The van der Waals surface area contributed by atoms with E-state index < -0.39 is 102 Å². The average molecular weight is 837 g/mol. The predicted octanol–water partition coefficient (Wildman–Crippen LogP) is 2.52. The number of oxime groups is 1. The van der Waals surface area contributed by atoms with Gasteiger partial charge in [0.05, 0.1) is 66.6 Å². The maximum atomic E-state index is 14.4. The molecule has 0 bridgehead atoms. The molecule has 0 amide bonds. The van der Waals surface area contributed by atoms with Gasteiger partial charge in [0.25, 0.3) is 0 Å². The largest absolute Gasteiger partial charge is 0.459 e. The molecule has 2 unspecified atom stereocenters. The summed E-state index contributed by atoms with van der Waals surface area (Å²) in [4.78, 5) is 20.0. The van der Waals surface area contributed by atoms with Crippen LogP contribution in [0.15, 0.2) is 5.16 Å². The Morgan fingerprint density at radius 1 is 0.879 bits per heavy atom. The van der Waals surface area contributed by atoms with Crippen LogP contribution in [0.4, 0.5) is 0 Å². The molecular weight excluding hydrogens is 760 g/mol. The van der Waals surface area contributed by atoms with Crippen LogP contribution in [0.2, 0.25) is 0 Å². The van der Waals surface area contributed by atoms with Crippen LogP contribution in [0.5, 0.6) is 0 Å². The number of methoxy groups -OCH3 is 3. The Morgan fingerprint density at radius 2 is 1.53 bits per heavy atom. The van der Waals surface area contributed by atoms with E-state index in [0.29, 0.717) is 18.7 Å². The van der Waals surface area contributed by atoms with Crippen LogP contribution < -0.4 is 5.32 Å². The molecule has 340 valence electrons. The highest BCUT2D eigenvalue weighted by atomic mass is 16.7. The first-order valence-electron chi connectivity index (χ1n) is 20.8. The van der Waals surface area contributed by atoms with Crippen LogP contribution in [0.3, 0.4) is 0 Å². The zero-order chi connectivity index (χ0) is 43.7. The lowest BCUT2D eigenvalue weighted by Crippen LogP contribution is -2.61. The third-order valence-corrected chi connectivity index (χ3v) is 12.8. The van der Waals surface area contributed by atoms with E-state index in [4.69, 9.17) is 47.5 Å². The Bertz CT molecular complexity index is 1290. The molecule has 3 saturated heterocycles. The first kappa shape index (κ1) is 50.8. The number of aliphatic hydroxyl groups is 4. The molecular formula is C41H76N2O15. The van der Waals surface area contributed by atoms with Crippen molar-refractivity contribution in [3.05, 3.63) is 0 Å². The smallest absolute Gasteiger partial charge is 0.311 e. The van der Waals surface area contributed by atoms with Gasteiger partial charge < -0.3 is 73.2 Å². The van der Waals surface area contributed by atoms with Gasteiger partial charge in [0.2, 0.25) is 6.79 Å². The molecule has 3 rings (SSSR count). The van der Waals surface area contributed by atoms with E-state index in [2.05, 4.69) is 10.5 Å². The summed E-state index contributed by atoms with van der Waals surface area (Å²) in [7, 11) is 6.38. The lowest BCUT2D eigenvalue weighted by atomic mass is 9.73. The van der Waals surface area contributed by atoms with Gasteiger partial charge in [-0.2, -0.15) is 0 Å².